The van der Waals surface area contributed by atoms with Gasteiger partial charge in [0.05, 0.1) is 5.69 Å². The zero-order chi connectivity index (χ0) is 13.2. The number of hydrogen-bond acceptors (Lipinski definition) is 4. The highest BCUT2D eigenvalue weighted by molar-refractivity contribution is 7.92. The second kappa shape index (κ2) is 4.66. The van der Waals surface area contributed by atoms with E-state index in [-0.39, 0.29) is 10.6 Å². The van der Waals surface area contributed by atoms with Crippen LogP contribution in [-0.2, 0) is 10.0 Å². The van der Waals surface area contributed by atoms with Crippen molar-refractivity contribution in [2.45, 2.75) is 11.8 Å². The Labute approximate surface area is 106 Å². The first-order valence-electron chi connectivity index (χ1n) is 5.28. The highest BCUT2D eigenvalue weighted by Crippen LogP contribution is 2.20. The van der Waals surface area contributed by atoms with Gasteiger partial charge in [0.25, 0.3) is 10.0 Å². The lowest BCUT2D eigenvalue weighted by molar-refractivity contribution is 0.601. The second-order valence-electron chi connectivity index (χ2n) is 3.89. The molecule has 0 radical (unpaired) electrons. The Hall–Kier alpha value is -2.08. The van der Waals surface area contributed by atoms with E-state index >= 15 is 0 Å². The molecule has 0 amide bonds. The molecule has 2 rings (SSSR count). The molecule has 94 valence electrons. The monoisotopic (exact) mass is 263 g/mol. The molecule has 0 atom stereocenters. The standard InChI is InChI=1S/C12H13N3O2S/c1-9-2-4-10(5-3-9)15-18(16,17)12-8-14-7-6-11(12)13/h2-8,15H,1H3,(H2,13,14). The molecule has 0 aliphatic rings. The van der Waals surface area contributed by atoms with Crippen LogP contribution in [0.15, 0.2) is 47.6 Å². The van der Waals surface area contributed by atoms with Crippen LogP contribution in [0.1, 0.15) is 5.56 Å². The Morgan fingerprint density at radius 2 is 1.83 bits per heavy atom. The first kappa shape index (κ1) is 12.4. The van der Waals surface area contributed by atoms with Gasteiger partial charge >= 0.3 is 0 Å². The summed E-state index contributed by atoms with van der Waals surface area (Å²) >= 11 is 0. The molecule has 0 spiro atoms. The third-order valence-corrected chi connectivity index (χ3v) is 3.83. The van der Waals surface area contributed by atoms with Crippen molar-refractivity contribution >= 4 is 21.4 Å². The number of benzene rings is 1. The van der Waals surface area contributed by atoms with Gasteiger partial charge in [0.1, 0.15) is 4.90 Å². The molecule has 18 heavy (non-hydrogen) atoms. The fourth-order valence-corrected chi connectivity index (χ4v) is 2.58. The predicted octanol–water partition coefficient (Wildman–Crippen LogP) is 1.77. The number of rotatable bonds is 3. The summed E-state index contributed by atoms with van der Waals surface area (Å²) in [7, 11) is -3.69. The largest absolute Gasteiger partial charge is 0.398 e. The minimum absolute atomic E-state index is 0.0226. The molecule has 5 nitrogen and oxygen atoms in total. The van der Waals surface area contributed by atoms with Crippen molar-refractivity contribution in [2.75, 3.05) is 10.5 Å². The molecule has 3 N–H and O–H groups in total. The summed E-state index contributed by atoms with van der Waals surface area (Å²) in [6.45, 7) is 1.93. The molecule has 0 fully saturated rings. The van der Waals surface area contributed by atoms with Gasteiger partial charge in [0.2, 0.25) is 0 Å². The summed E-state index contributed by atoms with van der Waals surface area (Å²) in [5.41, 5.74) is 7.34. The molecule has 1 heterocycles. The maximum absolute atomic E-state index is 12.1. The van der Waals surface area contributed by atoms with Crippen LogP contribution in [0.3, 0.4) is 0 Å². The second-order valence-corrected chi connectivity index (χ2v) is 5.54. The molecule has 0 unspecified atom stereocenters. The lowest BCUT2D eigenvalue weighted by Gasteiger charge is -2.09. The lowest BCUT2D eigenvalue weighted by Crippen LogP contribution is -2.15. The SMILES string of the molecule is Cc1ccc(NS(=O)(=O)c2cnccc2N)cc1. The van der Waals surface area contributed by atoms with Gasteiger partial charge in [-0.25, -0.2) is 8.42 Å². The van der Waals surface area contributed by atoms with Gasteiger partial charge in [-0.1, -0.05) is 17.7 Å². The summed E-state index contributed by atoms with van der Waals surface area (Å²) in [6.07, 6.45) is 2.67. The highest BCUT2D eigenvalue weighted by atomic mass is 32.2. The van der Waals surface area contributed by atoms with E-state index in [1.807, 2.05) is 19.1 Å². The van der Waals surface area contributed by atoms with E-state index in [0.29, 0.717) is 5.69 Å². The van der Waals surface area contributed by atoms with Crippen molar-refractivity contribution < 1.29 is 8.42 Å². The van der Waals surface area contributed by atoms with Crippen LogP contribution in [0.5, 0.6) is 0 Å². The smallest absolute Gasteiger partial charge is 0.265 e. The number of nitrogen functional groups attached to an aromatic ring is 1. The van der Waals surface area contributed by atoms with Crippen LogP contribution in [0.2, 0.25) is 0 Å². The van der Waals surface area contributed by atoms with Gasteiger partial charge in [0, 0.05) is 18.1 Å². The summed E-state index contributed by atoms with van der Waals surface area (Å²) in [6, 6.07) is 8.48. The number of hydrogen-bond donors (Lipinski definition) is 2. The first-order chi connectivity index (χ1) is 8.49. The summed E-state index contributed by atoms with van der Waals surface area (Å²) in [5, 5.41) is 0. The van der Waals surface area contributed by atoms with Gasteiger partial charge in [0.15, 0.2) is 0 Å². The molecular weight excluding hydrogens is 250 g/mol. The quantitative estimate of drug-likeness (QED) is 0.883. The number of sulfonamides is 1. The van der Waals surface area contributed by atoms with E-state index in [4.69, 9.17) is 5.73 Å². The fourth-order valence-electron chi connectivity index (χ4n) is 1.45. The highest BCUT2D eigenvalue weighted by Gasteiger charge is 2.17. The third-order valence-electron chi connectivity index (χ3n) is 2.41. The topological polar surface area (TPSA) is 85.1 Å². The van der Waals surface area contributed by atoms with Crippen LogP contribution >= 0.6 is 0 Å². The minimum Gasteiger partial charge on any atom is -0.398 e. The van der Waals surface area contributed by atoms with E-state index in [9.17, 15) is 8.42 Å². The van der Waals surface area contributed by atoms with Crippen LogP contribution in [-0.4, -0.2) is 13.4 Å². The predicted molar refractivity (Wildman–Crippen MR) is 70.6 cm³/mol. The molecule has 2 aromatic rings. The molecule has 1 aromatic carbocycles. The number of aromatic nitrogens is 1. The van der Waals surface area contributed by atoms with E-state index < -0.39 is 10.0 Å². The number of nitrogens with zero attached hydrogens (tertiary/aromatic N) is 1. The molecule has 0 bridgehead atoms. The van der Waals surface area contributed by atoms with Gasteiger partial charge in [-0.05, 0) is 25.1 Å². The van der Waals surface area contributed by atoms with Crippen molar-refractivity contribution in [1.82, 2.24) is 4.98 Å². The number of pyridine rings is 1. The molecular formula is C12H13N3O2S. The van der Waals surface area contributed by atoms with E-state index in [0.717, 1.165) is 5.56 Å². The number of anilines is 2. The van der Waals surface area contributed by atoms with Gasteiger partial charge in [-0.3, -0.25) is 9.71 Å². The normalized spacial score (nSPS) is 11.2. The van der Waals surface area contributed by atoms with Crippen molar-refractivity contribution in [3.8, 4) is 0 Å². The Morgan fingerprint density at radius 1 is 1.17 bits per heavy atom. The van der Waals surface area contributed by atoms with E-state index in [1.165, 1.54) is 18.5 Å². The number of nitrogens with two attached hydrogens (primary N) is 1. The van der Waals surface area contributed by atoms with Crippen LogP contribution in [0, 0.1) is 6.92 Å². The Morgan fingerprint density at radius 3 is 2.44 bits per heavy atom. The van der Waals surface area contributed by atoms with Crippen molar-refractivity contribution in [2.24, 2.45) is 0 Å². The summed E-state index contributed by atoms with van der Waals surface area (Å²) < 4.78 is 26.6. The maximum atomic E-state index is 12.1. The van der Waals surface area contributed by atoms with Gasteiger partial charge in [-0.2, -0.15) is 0 Å². The third kappa shape index (κ3) is 2.60. The zero-order valence-corrected chi connectivity index (χ0v) is 10.6. The number of nitrogens with one attached hydrogen (secondary N) is 1. The zero-order valence-electron chi connectivity index (χ0n) is 9.79. The average Bonchev–Trinajstić information content (AvgIpc) is 2.32. The fraction of sp³-hybridized carbons (Fsp3) is 0.0833. The Bertz CT molecular complexity index is 651. The van der Waals surface area contributed by atoms with Crippen LogP contribution in [0.25, 0.3) is 0 Å². The molecule has 0 aliphatic carbocycles. The molecule has 6 heteroatoms. The molecule has 0 saturated carbocycles. The molecule has 0 aliphatic heterocycles. The summed E-state index contributed by atoms with van der Waals surface area (Å²) in [4.78, 5) is 3.75. The minimum atomic E-state index is -3.69. The Kier molecular flexibility index (Phi) is 3.20. The van der Waals surface area contributed by atoms with Crippen LogP contribution < -0.4 is 10.5 Å². The first-order valence-corrected chi connectivity index (χ1v) is 6.76. The summed E-state index contributed by atoms with van der Waals surface area (Å²) in [5.74, 6) is 0. The maximum Gasteiger partial charge on any atom is 0.265 e. The van der Waals surface area contributed by atoms with Crippen molar-refractivity contribution in [1.29, 1.82) is 0 Å². The molecule has 0 saturated heterocycles. The van der Waals surface area contributed by atoms with Gasteiger partial charge in [-0.15, -0.1) is 0 Å². The molecule has 1 aromatic heterocycles. The average molecular weight is 263 g/mol. The van der Waals surface area contributed by atoms with Crippen molar-refractivity contribution in [3.63, 3.8) is 0 Å². The lowest BCUT2D eigenvalue weighted by atomic mass is 10.2. The van der Waals surface area contributed by atoms with E-state index in [2.05, 4.69) is 9.71 Å². The van der Waals surface area contributed by atoms with E-state index in [1.54, 1.807) is 12.1 Å². The van der Waals surface area contributed by atoms with Crippen LogP contribution in [0.4, 0.5) is 11.4 Å². The Balaban J connectivity index is 2.33. The van der Waals surface area contributed by atoms with Gasteiger partial charge < -0.3 is 5.73 Å². The van der Waals surface area contributed by atoms with Crippen molar-refractivity contribution in [3.05, 3.63) is 48.3 Å². The number of aryl methyl sites for hydroxylation is 1.